The van der Waals surface area contributed by atoms with E-state index in [1.165, 1.54) is 11.1 Å². The first kappa shape index (κ1) is 15.6. The van der Waals surface area contributed by atoms with Crippen molar-refractivity contribution in [1.82, 2.24) is 14.5 Å². The summed E-state index contributed by atoms with van der Waals surface area (Å²) in [5.41, 5.74) is 3.67. The fourth-order valence-electron chi connectivity index (χ4n) is 2.34. The molecule has 5 heteroatoms. The first-order valence-corrected chi connectivity index (χ1v) is 7.92. The first-order valence-electron chi connectivity index (χ1n) is 7.51. The molecule has 1 aromatic carbocycles. The highest BCUT2D eigenvalue weighted by molar-refractivity contribution is 7.71. The van der Waals surface area contributed by atoms with Gasteiger partial charge in [0.15, 0.2) is 0 Å². The quantitative estimate of drug-likeness (QED) is 0.821. The van der Waals surface area contributed by atoms with Gasteiger partial charge >= 0.3 is 0 Å². The summed E-state index contributed by atoms with van der Waals surface area (Å²) in [5, 5.41) is 3.17. The number of anilines is 1. The van der Waals surface area contributed by atoms with Crippen LogP contribution in [-0.2, 0) is 12.8 Å². The SMILES string of the molecule is CCCNc1ncn(-c2c(CC)cccc2CC)c(=S)n1. The van der Waals surface area contributed by atoms with Gasteiger partial charge in [0.2, 0.25) is 10.7 Å². The molecule has 2 aromatic rings. The zero-order valence-corrected chi connectivity index (χ0v) is 13.7. The molecular formula is C16H22N4S. The molecule has 1 heterocycles. The minimum atomic E-state index is 0.541. The van der Waals surface area contributed by atoms with Crippen LogP contribution in [0.5, 0.6) is 0 Å². The molecule has 4 nitrogen and oxygen atoms in total. The molecule has 0 fully saturated rings. The summed E-state index contributed by atoms with van der Waals surface area (Å²) in [5.74, 6) is 0.602. The Balaban J connectivity index is 2.50. The Morgan fingerprint density at radius 3 is 2.33 bits per heavy atom. The number of aryl methyl sites for hydroxylation is 2. The van der Waals surface area contributed by atoms with Crippen LogP contribution in [0.25, 0.3) is 5.69 Å². The van der Waals surface area contributed by atoms with E-state index in [0.717, 1.165) is 31.5 Å². The maximum Gasteiger partial charge on any atom is 0.226 e. The van der Waals surface area contributed by atoms with Crippen molar-refractivity contribution in [3.05, 3.63) is 40.4 Å². The zero-order valence-electron chi connectivity index (χ0n) is 12.9. The van der Waals surface area contributed by atoms with Crippen molar-refractivity contribution in [1.29, 1.82) is 0 Å². The van der Waals surface area contributed by atoms with Crippen molar-refractivity contribution in [3.63, 3.8) is 0 Å². The van der Waals surface area contributed by atoms with Gasteiger partial charge in [-0.2, -0.15) is 4.98 Å². The molecule has 0 aliphatic heterocycles. The van der Waals surface area contributed by atoms with Crippen LogP contribution in [0, 0.1) is 4.77 Å². The van der Waals surface area contributed by atoms with Crippen molar-refractivity contribution >= 4 is 18.2 Å². The molecule has 112 valence electrons. The van der Waals surface area contributed by atoms with Gasteiger partial charge < -0.3 is 5.32 Å². The molecule has 0 unspecified atom stereocenters. The fraction of sp³-hybridized carbons (Fsp3) is 0.438. The smallest absolute Gasteiger partial charge is 0.226 e. The Hall–Kier alpha value is -1.75. The molecule has 0 atom stereocenters. The maximum atomic E-state index is 5.46. The Labute approximate surface area is 131 Å². The van der Waals surface area contributed by atoms with E-state index in [2.05, 4.69) is 54.3 Å². The van der Waals surface area contributed by atoms with Gasteiger partial charge in [-0.15, -0.1) is 0 Å². The molecule has 0 aliphatic rings. The lowest BCUT2D eigenvalue weighted by Gasteiger charge is -2.15. The van der Waals surface area contributed by atoms with Crippen molar-refractivity contribution in [3.8, 4) is 5.69 Å². The van der Waals surface area contributed by atoms with E-state index in [1.54, 1.807) is 6.33 Å². The summed E-state index contributed by atoms with van der Waals surface area (Å²) >= 11 is 5.46. The number of aromatic nitrogens is 3. The lowest BCUT2D eigenvalue weighted by Crippen LogP contribution is -2.11. The normalized spacial score (nSPS) is 10.6. The van der Waals surface area contributed by atoms with Crippen LogP contribution in [0.1, 0.15) is 38.3 Å². The van der Waals surface area contributed by atoms with Gasteiger partial charge in [0.1, 0.15) is 6.33 Å². The molecule has 0 saturated heterocycles. The molecule has 1 aromatic heterocycles. The number of para-hydroxylation sites is 1. The second-order valence-corrected chi connectivity index (χ2v) is 5.26. The van der Waals surface area contributed by atoms with Crippen LogP contribution in [0.2, 0.25) is 0 Å². The summed E-state index contributed by atoms with van der Waals surface area (Å²) in [7, 11) is 0. The zero-order chi connectivity index (χ0) is 15.2. The van der Waals surface area contributed by atoms with Crippen LogP contribution in [0.4, 0.5) is 5.95 Å². The number of nitrogens with one attached hydrogen (secondary N) is 1. The van der Waals surface area contributed by atoms with Crippen LogP contribution < -0.4 is 5.32 Å². The molecule has 0 aliphatic carbocycles. The molecule has 0 radical (unpaired) electrons. The van der Waals surface area contributed by atoms with Crippen molar-refractivity contribution < 1.29 is 0 Å². The third-order valence-electron chi connectivity index (χ3n) is 3.44. The van der Waals surface area contributed by atoms with Gasteiger partial charge in [0, 0.05) is 6.54 Å². The highest BCUT2D eigenvalue weighted by atomic mass is 32.1. The largest absolute Gasteiger partial charge is 0.354 e. The van der Waals surface area contributed by atoms with Crippen molar-refractivity contribution in [2.45, 2.75) is 40.0 Å². The van der Waals surface area contributed by atoms with Gasteiger partial charge in [-0.1, -0.05) is 39.0 Å². The average molecular weight is 302 g/mol. The first-order chi connectivity index (χ1) is 10.2. The van der Waals surface area contributed by atoms with Gasteiger partial charge in [-0.25, -0.2) is 4.98 Å². The second-order valence-electron chi connectivity index (χ2n) is 4.89. The molecule has 1 N–H and O–H groups in total. The summed E-state index contributed by atoms with van der Waals surface area (Å²) in [6, 6.07) is 6.38. The second kappa shape index (κ2) is 7.31. The van der Waals surface area contributed by atoms with E-state index in [-0.39, 0.29) is 0 Å². The lowest BCUT2D eigenvalue weighted by atomic mass is 10.0. The molecule has 0 spiro atoms. The van der Waals surface area contributed by atoms with E-state index >= 15 is 0 Å². The summed E-state index contributed by atoms with van der Waals surface area (Å²) in [6.45, 7) is 7.26. The Kier molecular flexibility index (Phi) is 5.44. The standard InChI is InChI=1S/C16H22N4S/c1-4-10-17-15-18-11-20(16(21)19-15)14-12(5-2)8-7-9-13(14)6-3/h7-9,11H,4-6,10H2,1-3H3,(H,17,19,21). The number of hydrogen-bond acceptors (Lipinski definition) is 4. The molecule has 21 heavy (non-hydrogen) atoms. The van der Waals surface area contributed by atoms with Gasteiger partial charge in [-0.3, -0.25) is 4.57 Å². The molecule has 0 saturated carbocycles. The van der Waals surface area contributed by atoms with E-state index in [0.29, 0.717) is 10.7 Å². The van der Waals surface area contributed by atoms with Crippen LogP contribution in [0.3, 0.4) is 0 Å². The fourth-order valence-corrected chi connectivity index (χ4v) is 2.56. The van der Waals surface area contributed by atoms with Gasteiger partial charge in [-0.05, 0) is 42.6 Å². The van der Waals surface area contributed by atoms with E-state index in [1.807, 2.05) is 4.57 Å². The highest BCUT2D eigenvalue weighted by Crippen LogP contribution is 2.21. The Morgan fingerprint density at radius 1 is 1.14 bits per heavy atom. The topological polar surface area (TPSA) is 42.7 Å². The van der Waals surface area contributed by atoms with Crippen LogP contribution >= 0.6 is 12.2 Å². The van der Waals surface area contributed by atoms with Crippen LogP contribution in [-0.4, -0.2) is 21.1 Å². The molecule has 0 amide bonds. The monoisotopic (exact) mass is 302 g/mol. The summed E-state index contributed by atoms with van der Waals surface area (Å²) in [6.07, 6.45) is 4.73. The van der Waals surface area contributed by atoms with Crippen molar-refractivity contribution in [2.24, 2.45) is 0 Å². The van der Waals surface area contributed by atoms with Gasteiger partial charge in [0.05, 0.1) is 5.69 Å². The average Bonchev–Trinajstić information content (AvgIpc) is 2.52. The number of rotatable bonds is 6. The van der Waals surface area contributed by atoms with E-state index in [4.69, 9.17) is 12.2 Å². The number of hydrogen-bond donors (Lipinski definition) is 1. The third kappa shape index (κ3) is 3.47. The van der Waals surface area contributed by atoms with Crippen LogP contribution in [0.15, 0.2) is 24.5 Å². The third-order valence-corrected chi connectivity index (χ3v) is 3.73. The highest BCUT2D eigenvalue weighted by Gasteiger charge is 2.10. The minimum Gasteiger partial charge on any atom is -0.354 e. The summed E-state index contributed by atoms with van der Waals surface area (Å²) in [4.78, 5) is 8.77. The Bertz CT molecular complexity index is 641. The number of benzene rings is 1. The number of nitrogens with zero attached hydrogens (tertiary/aromatic N) is 3. The lowest BCUT2D eigenvalue weighted by molar-refractivity contribution is 0.853. The maximum absolute atomic E-state index is 5.46. The van der Waals surface area contributed by atoms with E-state index < -0.39 is 0 Å². The minimum absolute atomic E-state index is 0.541. The molecular weight excluding hydrogens is 280 g/mol. The molecule has 0 bridgehead atoms. The predicted octanol–water partition coefficient (Wildman–Crippen LogP) is 3.94. The van der Waals surface area contributed by atoms with E-state index in [9.17, 15) is 0 Å². The molecule has 2 rings (SSSR count). The van der Waals surface area contributed by atoms with Gasteiger partial charge in [0.25, 0.3) is 0 Å². The Morgan fingerprint density at radius 2 is 1.81 bits per heavy atom. The van der Waals surface area contributed by atoms with Crippen molar-refractivity contribution in [2.75, 3.05) is 11.9 Å². The predicted molar refractivity (Wildman–Crippen MR) is 89.7 cm³/mol. The summed E-state index contributed by atoms with van der Waals surface area (Å²) < 4.78 is 2.46.